The van der Waals surface area contributed by atoms with Crippen LogP contribution >= 0.6 is 0 Å². The number of methoxy groups -OCH3 is 2. The second kappa shape index (κ2) is 7.21. The smallest absolute Gasteiger partial charge is 0.410 e. The maximum absolute atomic E-state index is 12.3. The third-order valence-corrected chi connectivity index (χ3v) is 4.12. The van der Waals surface area contributed by atoms with Crippen LogP contribution in [0.25, 0.3) is 0 Å². The Morgan fingerprint density at radius 2 is 1.84 bits per heavy atom. The standard InChI is InChI=1S/C18H25NO6/c1-18(2,3)25-17(22)19-9-12(13(10-19)16(20)21)11-7-6-8-14(23-4)15(11)24-5/h6-8,12-13H,9-10H2,1-5H3,(H,20,21)/t12-,13+/m1/s1. The zero-order valence-corrected chi connectivity index (χ0v) is 15.2. The molecule has 0 aromatic heterocycles. The Morgan fingerprint density at radius 3 is 2.36 bits per heavy atom. The van der Waals surface area contributed by atoms with E-state index >= 15 is 0 Å². The van der Waals surface area contributed by atoms with Crippen molar-refractivity contribution in [3.8, 4) is 11.5 Å². The maximum Gasteiger partial charge on any atom is 0.410 e. The number of carboxylic acid groups (broad SMARTS) is 1. The quantitative estimate of drug-likeness (QED) is 0.898. The minimum atomic E-state index is -0.957. The highest BCUT2D eigenvalue weighted by atomic mass is 16.6. The number of benzene rings is 1. The van der Waals surface area contributed by atoms with Crippen LogP contribution in [0.5, 0.6) is 11.5 Å². The number of nitrogens with zero attached hydrogens (tertiary/aromatic N) is 1. The fraction of sp³-hybridized carbons (Fsp3) is 0.556. The number of carbonyl (C=O) groups excluding carboxylic acids is 1. The van der Waals surface area contributed by atoms with Gasteiger partial charge in [0.25, 0.3) is 0 Å². The summed E-state index contributed by atoms with van der Waals surface area (Å²) in [5.74, 6) is -1.09. The summed E-state index contributed by atoms with van der Waals surface area (Å²) in [4.78, 5) is 25.5. The van der Waals surface area contributed by atoms with Crippen molar-refractivity contribution in [3.63, 3.8) is 0 Å². The molecule has 25 heavy (non-hydrogen) atoms. The van der Waals surface area contributed by atoms with Crippen LogP contribution in [0.3, 0.4) is 0 Å². The molecule has 0 spiro atoms. The first-order chi connectivity index (χ1) is 11.7. The van der Waals surface area contributed by atoms with Gasteiger partial charge in [-0.15, -0.1) is 0 Å². The molecule has 1 aliphatic rings. The van der Waals surface area contributed by atoms with Gasteiger partial charge in [0, 0.05) is 24.6 Å². The molecule has 2 rings (SSSR count). The van der Waals surface area contributed by atoms with Gasteiger partial charge in [0.15, 0.2) is 11.5 Å². The van der Waals surface area contributed by atoms with Gasteiger partial charge in [-0.3, -0.25) is 4.79 Å². The van der Waals surface area contributed by atoms with Crippen LogP contribution in [0.2, 0.25) is 0 Å². The molecule has 1 aromatic rings. The predicted molar refractivity (Wildman–Crippen MR) is 91.2 cm³/mol. The number of hydrogen-bond acceptors (Lipinski definition) is 5. The first-order valence-corrected chi connectivity index (χ1v) is 8.09. The largest absolute Gasteiger partial charge is 0.493 e. The van der Waals surface area contributed by atoms with Crippen LogP contribution < -0.4 is 9.47 Å². The molecule has 1 aromatic carbocycles. The molecule has 1 amide bonds. The summed E-state index contributed by atoms with van der Waals surface area (Å²) >= 11 is 0. The number of rotatable bonds is 4. The number of likely N-dealkylation sites (tertiary alicyclic amines) is 1. The second-order valence-corrected chi connectivity index (χ2v) is 7.02. The summed E-state index contributed by atoms with van der Waals surface area (Å²) in [7, 11) is 3.04. The molecule has 0 radical (unpaired) electrons. The fourth-order valence-electron chi connectivity index (χ4n) is 3.05. The third kappa shape index (κ3) is 4.15. The molecule has 138 valence electrons. The van der Waals surface area contributed by atoms with E-state index in [4.69, 9.17) is 14.2 Å². The lowest BCUT2D eigenvalue weighted by molar-refractivity contribution is -0.141. The number of hydrogen-bond donors (Lipinski definition) is 1. The molecular weight excluding hydrogens is 326 g/mol. The second-order valence-electron chi connectivity index (χ2n) is 7.02. The molecule has 1 N–H and O–H groups in total. The van der Waals surface area contributed by atoms with E-state index in [1.165, 1.54) is 19.1 Å². The van der Waals surface area contributed by atoms with E-state index in [0.717, 1.165) is 0 Å². The lowest BCUT2D eigenvalue weighted by Gasteiger charge is -2.24. The molecule has 2 atom stereocenters. The molecular formula is C18H25NO6. The molecule has 1 heterocycles. The molecule has 1 fully saturated rings. The van der Waals surface area contributed by atoms with Crippen molar-refractivity contribution < 1.29 is 28.9 Å². The average Bonchev–Trinajstić information content (AvgIpc) is 2.97. The summed E-state index contributed by atoms with van der Waals surface area (Å²) in [6, 6.07) is 5.34. The van der Waals surface area contributed by atoms with Crippen molar-refractivity contribution in [1.82, 2.24) is 4.90 Å². The van der Waals surface area contributed by atoms with Crippen LogP contribution in [0, 0.1) is 5.92 Å². The van der Waals surface area contributed by atoms with E-state index in [1.807, 2.05) is 0 Å². The fourth-order valence-corrected chi connectivity index (χ4v) is 3.05. The molecule has 7 heteroatoms. The van der Waals surface area contributed by atoms with Crippen molar-refractivity contribution in [1.29, 1.82) is 0 Å². The summed E-state index contributed by atoms with van der Waals surface area (Å²) in [5, 5.41) is 9.62. The molecule has 0 aliphatic carbocycles. The lowest BCUT2D eigenvalue weighted by Crippen LogP contribution is -2.35. The van der Waals surface area contributed by atoms with Gasteiger partial charge in [0.1, 0.15) is 5.60 Å². The highest BCUT2D eigenvalue weighted by Gasteiger charge is 2.43. The maximum atomic E-state index is 12.3. The molecule has 0 saturated carbocycles. The van der Waals surface area contributed by atoms with Gasteiger partial charge >= 0.3 is 12.1 Å². The van der Waals surface area contributed by atoms with Gasteiger partial charge in [-0.1, -0.05) is 12.1 Å². The summed E-state index contributed by atoms with van der Waals surface area (Å²) in [6.07, 6.45) is -0.511. The van der Waals surface area contributed by atoms with Crippen LogP contribution in [0.15, 0.2) is 18.2 Å². The minimum Gasteiger partial charge on any atom is -0.493 e. The van der Waals surface area contributed by atoms with Crippen LogP contribution in [-0.2, 0) is 9.53 Å². The van der Waals surface area contributed by atoms with Gasteiger partial charge in [-0.25, -0.2) is 4.79 Å². The molecule has 1 saturated heterocycles. The Bertz CT molecular complexity index is 651. The number of amides is 1. The van der Waals surface area contributed by atoms with Crippen LogP contribution in [0.1, 0.15) is 32.3 Å². The predicted octanol–water partition coefficient (Wildman–Crippen LogP) is 2.74. The summed E-state index contributed by atoms with van der Waals surface area (Å²) in [6.45, 7) is 5.67. The number of para-hydroxylation sites is 1. The first kappa shape index (κ1) is 18.9. The van der Waals surface area contributed by atoms with E-state index < -0.39 is 29.5 Å². The monoisotopic (exact) mass is 351 g/mol. The van der Waals surface area contributed by atoms with Gasteiger partial charge in [0.2, 0.25) is 0 Å². The number of carbonyl (C=O) groups is 2. The van der Waals surface area contributed by atoms with E-state index in [1.54, 1.807) is 39.0 Å². The number of carboxylic acids is 1. The van der Waals surface area contributed by atoms with Crippen molar-refractivity contribution in [2.45, 2.75) is 32.3 Å². The Labute approximate surface area is 147 Å². The third-order valence-electron chi connectivity index (χ3n) is 4.12. The van der Waals surface area contributed by atoms with Gasteiger partial charge in [-0.05, 0) is 26.8 Å². The number of ether oxygens (including phenoxy) is 3. The Morgan fingerprint density at radius 1 is 1.16 bits per heavy atom. The molecule has 0 bridgehead atoms. The van der Waals surface area contributed by atoms with E-state index in [2.05, 4.69) is 0 Å². The Kier molecular flexibility index (Phi) is 5.45. The highest BCUT2D eigenvalue weighted by Crippen LogP contribution is 2.42. The van der Waals surface area contributed by atoms with Crippen molar-refractivity contribution in [2.75, 3.05) is 27.3 Å². The molecule has 1 aliphatic heterocycles. The van der Waals surface area contributed by atoms with E-state index in [9.17, 15) is 14.7 Å². The minimum absolute atomic E-state index is 0.0925. The van der Waals surface area contributed by atoms with Gasteiger partial charge < -0.3 is 24.2 Å². The molecule has 0 unspecified atom stereocenters. The Hall–Kier alpha value is -2.44. The van der Waals surface area contributed by atoms with Crippen LogP contribution in [-0.4, -0.2) is 55.0 Å². The normalized spacial score (nSPS) is 20.3. The average molecular weight is 351 g/mol. The SMILES string of the molecule is COc1cccc([C@H]2CN(C(=O)OC(C)(C)C)C[C@@H]2C(=O)O)c1OC. The zero-order chi connectivity index (χ0) is 18.8. The van der Waals surface area contributed by atoms with Crippen LogP contribution in [0.4, 0.5) is 4.79 Å². The van der Waals surface area contributed by atoms with Gasteiger partial charge in [0.05, 0.1) is 20.1 Å². The van der Waals surface area contributed by atoms with E-state index in [-0.39, 0.29) is 13.1 Å². The highest BCUT2D eigenvalue weighted by molar-refractivity contribution is 5.76. The first-order valence-electron chi connectivity index (χ1n) is 8.09. The summed E-state index contributed by atoms with van der Waals surface area (Å²) in [5.41, 5.74) is 0.0713. The van der Waals surface area contributed by atoms with Gasteiger partial charge in [-0.2, -0.15) is 0 Å². The zero-order valence-electron chi connectivity index (χ0n) is 15.2. The molecule has 7 nitrogen and oxygen atoms in total. The van der Waals surface area contributed by atoms with Crippen molar-refractivity contribution in [3.05, 3.63) is 23.8 Å². The van der Waals surface area contributed by atoms with Crippen molar-refractivity contribution >= 4 is 12.1 Å². The number of aliphatic carboxylic acids is 1. The van der Waals surface area contributed by atoms with E-state index in [0.29, 0.717) is 17.1 Å². The summed E-state index contributed by atoms with van der Waals surface area (Å²) < 4.78 is 16.1. The Balaban J connectivity index is 2.34. The topological polar surface area (TPSA) is 85.3 Å². The lowest BCUT2D eigenvalue weighted by atomic mass is 9.88. The van der Waals surface area contributed by atoms with Crippen molar-refractivity contribution in [2.24, 2.45) is 5.92 Å².